The maximum Gasteiger partial charge on any atom is 0.104 e. The Hall–Kier alpha value is -0.320. The van der Waals surface area contributed by atoms with Gasteiger partial charge in [-0.3, -0.25) is 0 Å². The molecule has 0 spiro atoms. The average Bonchev–Trinajstić information content (AvgIpc) is 2.25. The van der Waals surface area contributed by atoms with Crippen molar-refractivity contribution in [3.63, 3.8) is 0 Å². The van der Waals surface area contributed by atoms with Gasteiger partial charge in [0.25, 0.3) is 0 Å². The molecule has 1 aromatic heterocycles. The number of halogens is 2. The molecule has 82 valence electrons. The first-order chi connectivity index (χ1) is 7.65. The molecule has 0 bridgehead atoms. The van der Waals surface area contributed by atoms with E-state index >= 15 is 0 Å². The quantitative estimate of drug-likeness (QED) is 0.743. The Balaban J connectivity index is 2.23. The number of hydrogen-bond acceptors (Lipinski definition) is 2. The normalized spacial score (nSPS) is 10.4. The van der Waals surface area contributed by atoms with Crippen LogP contribution in [0, 0.1) is 6.92 Å². The summed E-state index contributed by atoms with van der Waals surface area (Å²) in [6.07, 6.45) is 1.83. The Labute approximate surface area is 116 Å². The zero-order chi connectivity index (χ0) is 11.5. The SMILES string of the molecule is Cc1cc(Br)cnc1Sc1ccc(Br)cc1. The summed E-state index contributed by atoms with van der Waals surface area (Å²) >= 11 is 8.52. The lowest BCUT2D eigenvalue weighted by molar-refractivity contribution is 1.07. The molecule has 0 saturated carbocycles. The van der Waals surface area contributed by atoms with E-state index in [1.165, 1.54) is 10.5 Å². The van der Waals surface area contributed by atoms with Gasteiger partial charge in [0.2, 0.25) is 0 Å². The molecule has 0 aliphatic carbocycles. The highest BCUT2D eigenvalue weighted by atomic mass is 79.9. The number of rotatable bonds is 2. The number of benzene rings is 1. The molecule has 0 N–H and O–H groups in total. The van der Waals surface area contributed by atoms with Gasteiger partial charge in [-0.2, -0.15) is 0 Å². The highest BCUT2D eigenvalue weighted by Crippen LogP contribution is 2.30. The molecule has 1 aromatic carbocycles. The van der Waals surface area contributed by atoms with Crippen molar-refractivity contribution in [1.82, 2.24) is 4.98 Å². The van der Waals surface area contributed by atoms with E-state index in [0.29, 0.717) is 0 Å². The standard InChI is InChI=1S/C12H9Br2NS/c1-8-6-10(14)7-15-12(8)16-11-4-2-9(13)3-5-11/h2-7H,1H3. The van der Waals surface area contributed by atoms with Crippen LogP contribution < -0.4 is 0 Å². The van der Waals surface area contributed by atoms with Crippen molar-refractivity contribution < 1.29 is 0 Å². The molecule has 0 aliphatic rings. The van der Waals surface area contributed by atoms with Crippen molar-refractivity contribution in [1.29, 1.82) is 0 Å². The molecule has 0 saturated heterocycles. The Kier molecular flexibility index (Phi) is 4.05. The van der Waals surface area contributed by atoms with Gasteiger partial charge in [-0.15, -0.1) is 0 Å². The Morgan fingerprint density at radius 3 is 2.38 bits per heavy atom. The Bertz CT molecular complexity index is 497. The van der Waals surface area contributed by atoms with E-state index in [1.54, 1.807) is 11.8 Å². The van der Waals surface area contributed by atoms with Crippen LogP contribution in [0.25, 0.3) is 0 Å². The third kappa shape index (κ3) is 3.09. The molecule has 0 amide bonds. The first-order valence-corrected chi connectivity index (χ1v) is 7.11. The van der Waals surface area contributed by atoms with Gasteiger partial charge in [-0.25, -0.2) is 4.98 Å². The molecule has 2 aromatic rings. The summed E-state index contributed by atoms with van der Waals surface area (Å²) in [5.41, 5.74) is 1.18. The van der Waals surface area contributed by atoms with Crippen molar-refractivity contribution in [3.8, 4) is 0 Å². The predicted molar refractivity (Wildman–Crippen MR) is 74.9 cm³/mol. The zero-order valence-electron chi connectivity index (χ0n) is 8.58. The molecule has 16 heavy (non-hydrogen) atoms. The molecule has 0 fully saturated rings. The van der Waals surface area contributed by atoms with Crippen LogP contribution in [0.15, 0.2) is 55.4 Å². The maximum atomic E-state index is 4.40. The van der Waals surface area contributed by atoms with Gasteiger partial charge in [-0.05, 0) is 58.7 Å². The number of aromatic nitrogens is 1. The summed E-state index contributed by atoms with van der Waals surface area (Å²) in [5, 5.41) is 1.05. The van der Waals surface area contributed by atoms with Gasteiger partial charge in [0.1, 0.15) is 5.03 Å². The van der Waals surface area contributed by atoms with Gasteiger partial charge in [0.05, 0.1) is 0 Å². The van der Waals surface area contributed by atoms with Crippen LogP contribution in [0.2, 0.25) is 0 Å². The van der Waals surface area contributed by atoms with Crippen molar-refractivity contribution in [2.45, 2.75) is 16.8 Å². The molecule has 0 radical (unpaired) electrons. The molecule has 2 rings (SSSR count). The lowest BCUT2D eigenvalue weighted by atomic mass is 10.3. The van der Waals surface area contributed by atoms with E-state index in [-0.39, 0.29) is 0 Å². The lowest BCUT2D eigenvalue weighted by Gasteiger charge is -2.04. The van der Waals surface area contributed by atoms with E-state index in [1.807, 2.05) is 18.3 Å². The number of aryl methyl sites for hydroxylation is 1. The van der Waals surface area contributed by atoms with E-state index in [2.05, 4.69) is 62.0 Å². The van der Waals surface area contributed by atoms with Crippen molar-refractivity contribution in [2.75, 3.05) is 0 Å². The molecule has 0 atom stereocenters. The molecule has 1 heterocycles. The summed E-state index contributed by atoms with van der Waals surface area (Å²) < 4.78 is 2.11. The summed E-state index contributed by atoms with van der Waals surface area (Å²) in [7, 11) is 0. The third-order valence-electron chi connectivity index (χ3n) is 2.03. The highest BCUT2D eigenvalue weighted by molar-refractivity contribution is 9.10. The first-order valence-electron chi connectivity index (χ1n) is 4.71. The smallest absolute Gasteiger partial charge is 0.104 e. The van der Waals surface area contributed by atoms with Crippen LogP contribution in [0.1, 0.15) is 5.56 Å². The predicted octanol–water partition coefficient (Wildman–Crippen LogP) is 5.07. The van der Waals surface area contributed by atoms with Crippen LogP contribution in [-0.2, 0) is 0 Å². The van der Waals surface area contributed by atoms with Gasteiger partial charge in [0, 0.05) is 20.0 Å². The van der Waals surface area contributed by atoms with Crippen molar-refractivity contribution in [2.24, 2.45) is 0 Å². The lowest BCUT2D eigenvalue weighted by Crippen LogP contribution is -1.85. The van der Waals surface area contributed by atoms with E-state index in [4.69, 9.17) is 0 Å². The topological polar surface area (TPSA) is 12.9 Å². The van der Waals surface area contributed by atoms with Gasteiger partial charge >= 0.3 is 0 Å². The summed E-state index contributed by atoms with van der Waals surface area (Å²) in [5.74, 6) is 0. The first kappa shape index (κ1) is 12.1. The van der Waals surface area contributed by atoms with E-state index < -0.39 is 0 Å². The Morgan fingerprint density at radius 1 is 1.06 bits per heavy atom. The fourth-order valence-electron chi connectivity index (χ4n) is 1.25. The molecule has 4 heteroatoms. The van der Waals surface area contributed by atoms with Crippen LogP contribution >= 0.6 is 43.6 Å². The molecule has 1 nitrogen and oxygen atoms in total. The van der Waals surface area contributed by atoms with Gasteiger partial charge < -0.3 is 0 Å². The van der Waals surface area contributed by atoms with E-state index in [9.17, 15) is 0 Å². The fraction of sp³-hybridized carbons (Fsp3) is 0.0833. The van der Waals surface area contributed by atoms with Crippen LogP contribution in [0.5, 0.6) is 0 Å². The monoisotopic (exact) mass is 357 g/mol. The number of nitrogens with zero attached hydrogens (tertiary/aromatic N) is 1. The van der Waals surface area contributed by atoms with Crippen molar-refractivity contribution in [3.05, 3.63) is 51.0 Å². The molecular formula is C12H9Br2NS. The van der Waals surface area contributed by atoms with Crippen LogP contribution in [0.3, 0.4) is 0 Å². The minimum atomic E-state index is 1.02. The fourth-order valence-corrected chi connectivity index (χ4v) is 2.78. The summed E-state index contributed by atoms with van der Waals surface area (Å²) in [4.78, 5) is 5.60. The summed E-state index contributed by atoms with van der Waals surface area (Å²) in [6, 6.07) is 10.3. The van der Waals surface area contributed by atoms with Gasteiger partial charge in [0.15, 0.2) is 0 Å². The minimum Gasteiger partial charge on any atom is -0.248 e. The van der Waals surface area contributed by atoms with Gasteiger partial charge in [-0.1, -0.05) is 27.7 Å². The molecule has 0 unspecified atom stereocenters. The molecular weight excluding hydrogens is 350 g/mol. The minimum absolute atomic E-state index is 1.02. The second-order valence-corrected chi connectivity index (χ2v) is 6.23. The largest absolute Gasteiger partial charge is 0.248 e. The summed E-state index contributed by atoms with van der Waals surface area (Å²) in [6.45, 7) is 2.07. The second kappa shape index (κ2) is 5.34. The third-order valence-corrected chi connectivity index (χ3v) is 4.12. The number of pyridine rings is 1. The van der Waals surface area contributed by atoms with E-state index in [0.717, 1.165) is 14.0 Å². The zero-order valence-corrected chi connectivity index (χ0v) is 12.6. The Morgan fingerprint density at radius 2 is 1.75 bits per heavy atom. The highest BCUT2D eigenvalue weighted by Gasteiger charge is 2.03. The van der Waals surface area contributed by atoms with Crippen molar-refractivity contribution >= 4 is 43.6 Å². The average molecular weight is 359 g/mol. The van der Waals surface area contributed by atoms with Crippen LogP contribution in [-0.4, -0.2) is 4.98 Å². The second-order valence-electron chi connectivity index (χ2n) is 3.33. The number of hydrogen-bond donors (Lipinski definition) is 0. The molecule has 0 aliphatic heterocycles. The maximum absolute atomic E-state index is 4.40. The van der Waals surface area contributed by atoms with Crippen LogP contribution in [0.4, 0.5) is 0 Å².